The van der Waals surface area contributed by atoms with Gasteiger partial charge >= 0.3 is 0 Å². The average Bonchev–Trinajstić information content (AvgIpc) is 2.76. The summed E-state index contributed by atoms with van der Waals surface area (Å²) in [7, 11) is 0. The van der Waals surface area contributed by atoms with E-state index in [4.69, 9.17) is 0 Å². The predicted octanol–water partition coefficient (Wildman–Crippen LogP) is 2.08. The molecule has 17 heavy (non-hydrogen) atoms. The number of aryl methyl sites for hydroxylation is 1. The Morgan fingerprint density at radius 3 is 2.47 bits per heavy atom. The van der Waals surface area contributed by atoms with E-state index < -0.39 is 0 Å². The van der Waals surface area contributed by atoms with E-state index in [0.29, 0.717) is 11.1 Å². The molecule has 0 atom stereocenters. The molecule has 1 aromatic rings. The Bertz CT molecular complexity index is 437. The zero-order valence-corrected chi connectivity index (χ0v) is 9.86. The van der Waals surface area contributed by atoms with Crippen molar-refractivity contribution in [2.45, 2.75) is 38.6 Å². The minimum absolute atomic E-state index is 0.176. The zero-order valence-electron chi connectivity index (χ0n) is 9.86. The number of rotatable bonds is 2. The van der Waals surface area contributed by atoms with Crippen molar-refractivity contribution in [2.75, 3.05) is 0 Å². The van der Waals surface area contributed by atoms with Crippen LogP contribution in [0.4, 0.5) is 0 Å². The van der Waals surface area contributed by atoms with E-state index in [1.54, 1.807) is 6.92 Å². The van der Waals surface area contributed by atoms with Gasteiger partial charge in [-0.05, 0) is 37.5 Å². The number of phenols is 2. The standard InChI is InChI=1S/C13H17NO3/c1-8-6-11(15)12(16)7-10(8)13(17)14-9-4-2-3-5-9/h6-7,9,15-16H,2-5H2,1H3,(H,14,17). The van der Waals surface area contributed by atoms with Crippen molar-refractivity contribution < 1.29 is 15.0 Å². The zero-order chi connectivity index (χ0) is 12.4. The van der Waals surface area contributed by atoms with Crippen LogP contribution in [0.2, 0.25) is 0 Å². The highest BCUT2D eigenvalue weighted by molar-refractivity contribution is 5.96. The van der Waals surface area contributed by atoms with Gasteiger partial charge in [0, 0.05) is 11.6 Å². The minimum Gasteiger partial charge on any atom is -0.504 e. The van der Waals surface area contributed by atoms with E-state index in [-0.39, 0.29) is 23.4 Å². The van der Waals surface area contributed by atoms with Gasteiger partial charge in [-0.3, -0.25) is 4.79 Å². The maximum absolute atomic E-state index is 12.0. The van der Waals surface area contributed by atoms with Crippen molar-refractivity contribution in [1.29, 1.82) is 0 Å². The van der Waals surface area contributed by atoms with Gasteiger partial charge in [0.15, 0.2) is 11.5 Å². The van der Waals surface area contributed by atoms with Crippen LogP contribution in [0.15, 0.2) is 12.1 Å². The largest absolute Gasteiger partial charge is 0.504 e. The normalized spacial score (nSPS) is 16.1. The van der Waals surface area contributed by atoms with Crippen LogP contribution < -0.4 is 5.32 Å². The molecule has 1 aliphatic rings. The molecule has 3 N–H and O–H groups in total. The third-order valence-electron chi connectivity index (χ3n) is 3.26. The Balaban J connectivity index is 2.15. The number of carbonyl (C=O) groups is 1. The van der Waals surface area contributed by atoms with Gasteiger partial charge in [-0.25, -0.2) is 0 Å². The molecule has 92 valence electrons. The summed E-state index contributed by atoms with van der Waals surface area (Å²) in [6.45, 7) is 1.74. The number of hydrogen-bond donors (Lipinski definition) is 3. The Morgan fingerprint density at radius 1 is 1.24 bits per heavy atom. The highest BCUT2D eigenvalue weighted by Gasteiger charge is 2.19. The second-order valence-corrected chi connectivity index (χ2v) is 4.61. The molecule has 0 aromatic heterocycles. The lowest BCUT2D eigenvalue weighted by atomic mass is 10.1. The summed E-state index contributed by atoms with van der Waals surface area (Å²) < 4.78 is 0. The second-order valence-electron chi connectivity index (χ2n) is 4.61. The molecule has 0 saturated heterocycles. The van der Waals surface area contributed by atoms with E-state index >= 15 is 0 Å². The van der Waals surface area contributed by atoms with Crippen molar-refractivity contribution >= 4 is 5.91 Å². The lowest BCUT2D eigenvalue weighted by molar-refractivity contribution is 0.0937. The lowest BCUT2D eigenvalue weighted by Crippen LogP contribution is -2.32. The van der Waals surface area contributed by atoms with Crippen LogP contribution in [-0.2, 0) is 0 Å². The fourth-order valence-electron chi connectivity index (χ4n) is 2.26. The molecular formula is C13H17NO3. The van der Waals surface area contributed by atoms with Gasteiger partial charge in [-0.1, -0.05) is 12.8 Å². The minimum atomic E-state index is -0.257. The smallest absolute Gasteiger partial charge is 0.251 e. The predicted molar refractivity (Wildman–Crippen MR) is 64.2 cm³/mol. The summed E-state index contributed by atoms with van der Waals surface area (Å²) in [5.41, 5.74) is 1.09. The Labute approximate surface area is 100 Å². The fourth-order valence-corrected chi connectivity index (χ4v) is 2.26. The molecule has 0 heterocycles. The molecule has 2 rings (SSSR count). The summed E-state index contributed by atoms with van der Waals surface area (Å²) in [4.78, 5) is 12.0. The van der Waals surface area contributed by atoms with Gasteiger partial charge < -0.3 is 15.5 Å². The summed E-state index contributed by atoms with van der Waals surface area (Å²) in [5, 5.41) is 21.7. The van der Waals surface area contributed by atoms with Gasteiger partial charge in [-0.15, -0.1) is 0 Å². The molecule has 0 spiro atoms. The van der Waals surface area contributed by atoms with Gasteiger partial charge in [0.05, 0.1) is 0 Å². The molecule has 1 aromatic carbocycles. The van der Waals surface area contributed by atoms with Crippen LogP contribution in [0.25, 0.3) is 0 Å². The van der Waals surface area contributed by atoms with E-state index in [9.17, 15) is 15.0 Å². The Hall–Kier alpha value is -1.71. The molecule has 0 aliphatic heterocycles. The topological polar surface area (TPSA) is 69.6 Å². The first-order chi connectivity index (χ1) is 8.08. The summed E-state index contributed by atoms with van der Waals surface area (Å²) in [6.07, 6.45) is 4.36. The second kappa shape index (κ2) is 4.65. The molecule has 1 fully saturated rings. The SMILES string of the molecule is Cc1cc(O)c(O)cc1C(=O)NC1CCCC1. The van der Waals surface area contributed by atoms with Crippen molar-refractivity contribution in [3.63, 3.8) is 0 Å². The number of nitrogens with one attached hydrogen (secondary N) is 1. The lowest BCUT2D eigenvalue weighted by Gasteiger charge is -2.13. The van der Waals surface area contributed by atoms with Crippen molar-refractivity contribution in [1.82, 2.24) is 5.32 Å². The first-order valence-electron chi connectivity index (χ1n) is 5.91. The van der Waals surface area contributed by atoms with Crippen molar-refractivity contribution in [2.24, 2.45) is 0 Å². The molecule has 0 radical (unpaired) electrons. The van der Waals surface area contributed by atoms with E-state index in [1.807, 2.05) is 0 Å². The van der Waals surface area contributed by atoms with Crippen LogP contribution in [0, 0.1) is 6.92 Å². The highest BCUT2D eigenvalue weighted by Crippen LogP contribution is 2.28. The first kappa shape index (κ1) is 11.8. The Kier molecular flexibility index (Phi) is 3.22. The van der Waals surface area contributed by atoms with Crippen LogP contribution >= 0.6 is 0 Å². The van der Waals surface area contributed by atoms with Gasteiger partial charge in [0.25, 0.3) is 5.91 Å². The number of amides is 1. The molecule has 4 nitrogen and oxygen atoms in total. The molecule has 0 bridgehead atoms. The van der Waals surface area contributed by atoms with Crippen LogP contribution in [-0.4, -0.2) is 22.2 Å². The number of phenolic OH excluding ortho intramolecular Hbond substituents is 2. The molecule has 4 heteroatoms. The molecule has 1 aliphatic carbocycles. The maximum Gasteiger partial charge on any atom is 0.251 e. The average molecular weight is 235 g/mol. The fraction of sp³-hybridized carbons (Fsp3) is 0.462. The van der Waals surface area contributed by atoms with Crippen LogP contribution in [0.1, 0.15) is 41.6 Å². The molecule has 1 amide bonds. The number of carbonyl (C=O) groups excluding carboxylic acids is 1. The van der Waals surface area contributed by atoms with E-state index in [2.05, 4.69) is 5.32 Å². The maximum atomic E-state index is 12.0. The van der Waals surface area contributed by atoms with Crippen LogP contribution in [0.5, 0.6) is 11.5 Å². The highest BCUT2D eigenvalue weighted by atomic mass is 16.3. The number of benzene rings is 1. The van der Waals surface area contributed by atoms with Gasteiger partial charge in [0.2, 0.25) is 0 Å². The Morgan fingerprint density at radius 2 is 1.82 bits per heavy atom. The van der Waals surface area contributed by atoms with Crippen molar-refractivity contribution in [3.8, 4) is 11.5 Å². The summed E-state index contributed by atoms with van der Waals surface area (Å²) >= 11 is 0. The molecule has 0 unspecified atom stereocenters. The number of hydrogen-bond acceptors (Lipinski definition) is 3. The van der Waals surface area contributed by atoms with Crippen LogP contribution in [0.3, 0.4) is 0 Å². The summed E-state index contributed by atoms with van der Waals surface area (Å²) in [5.74, 6) is -0.628. The quantitative estimate of drug-likeness (QED) is 0.687. The molecule has 1 saturated carbocycles. The molecular weight excluding hydrogens is 218 g/mol. The third-order valence-corrected chi connectivity index (χ3v) is 3.26. The third kappa shape index (κ3) is 2.52. The van der Waals surface area contributed by atoms with E-state index in [1.165, 1.54) is 12.1 Å². The summed E-state index contributed by atoms with van der Waals surface area (Å²) in [6, 6.07) is 2.96. The van der Waals surface area contributed by atoms with Crippen molar-refractivity contribution in [3.05, 3.63) is 23.3 Å². The number of aromatic hydroxyl groups is 2. The van der Waals surface area contributed by atoms with Gasteiger partial charge in [-0.2, -0.15) is 0 Å². The monoisotopic (exact) mass is 235 g/mol. The first-order valence-corrected chi connectivity index (χ1v) is 5.91. The van der Waals surface area contributed by atoms with Gasteiger partial charge in [0.1, 0.15) is 0 Å². The van der Waals surface area contributed by atoms with E-state index in [0.717, 1.165) is 25.7 Å².